The number of benzene rings is 1. The van der Waals surface area contributed by atoms with E-state index in [9.17, 15) is 10.1 Å². The molecular weight excluding hydrogens is 258 g/mol. The highest BCUT2D eigenvalue weighted by molar-refractivity contribution is 5.59. The minimum absolute atomic E-state index is 0.0257. The molecule has 1 atom stereocenters. The van der Waals surface area contributed by atoms with Crippen LogP contribution in [0.1, 0.15) is 19.8 Å². The lowest BCUT2D eigenvalue weighted by atomic mass is 10.0. The van der Waals surface area contributed by atoms with Crippen LogP contribution in [0.3, 0.4) is 0 Å². The number of nitro groups is 1. The number of nitrogens with one attached hydrogen (secondary N) is 1. The molecule has 0 amide bonds. The van der Waals surface area contributed by atoms with Crippen LogP contribution in [-0.2, 0) is 0 Å². The highest BCUT2D eigenvalue weighted by Crippen LogP contribution is 2.32. The molecule has 1 aromatic carbocycles. The Bertz CT molecular complexity index is 479. The molecule has 0 aromatic heterocycles. The minimum atomic E-state index is -0.401. The predicted octanol–water partition coefficient (Wildman–Crippen LogP) is 2.18. The van der Waals surface area contributed by atoms with Crippen LogP contribution in [-0.4, -0.2) is 37.7 Å². The topological polar surface area (TPSA) is 67.6 Å². The van der Waals surface area contributed by atoms with Gasteiger partial charge in [0.25, 0.3) is 0 Å². The molecule has 6 nitrogen and oxygen atoms in total. The summed E-state index contributed by atoms with van der Waals surface area (Å²) in [5.74, 6) is 0.349. The lowest BCUT2D eigenvalue weighted by Crippen LogP contribution is -2.44. The fraction of sp³-hybridized carbons (Fsp3) is 0.571. The molecule has 1 aliphatic heterocycles. The molecule has 0 aliphatic carbocycles. The van der Waals surface area contributed by atoms with Crippen molar-refractivity contribution in [3.05, 3.63) is 28.3 Å². The van der Waals surface area contributed by atoms with E-state index in [1.54, 1.807) is 12.1 Å². The number of anilines is 1. The summed E-state index contributed by atoms with van der Waals surface area (Å²) in [6, 6.07) is 5.58. The van der Waals surface area contributed by atoms with Crippen molar-refractivity contribution in [2.24, 2.45) is 0 Å². The Morgan fingerprint density at radius 3 is 3.00 bits per heavy atom. The Kier molecular flexibility index (Phi) is 4.79. The normalized spacial score (nSPS) is 18.9. The summed E-state index contributed by atoms with van der Waals surface area (Å²) in [6.07, 6.45) is 2.28. The monoisotopic (exact) mass is 279 g/mol. The number of ether oxygens (including phenoxy) is 1. The molecule has 1 N–H and O–H groups in total. The van der Waals surface area contributed by atoms with E-state index in [0.29, 0.717) is 18.4 Å². The van der Waals surface area contributed by atoms with Crippen LogP contribution >= 0.6 is 0 Å². The molecule has 0 saturated carbocycles. The van der Waals surface area contributed by atoms with Gasteiger partial charge in [-0.1, -0.05) is 0 Å². The molecule has 1 saturated heterocycles. The number of rotatable bonds is 5. The zero-order chi connectivity index (χ0) is 14.5. The third kappa shape index (κ3) is 3.19. The molecule has 0 spiro atoms. The third-order valence-corrected chi connectivity index (χ3v) is 3.63. The van der Waals surface area contributed by atoms with E-state index in [1.165, 1.54) is 6.07 Å². The Balaban J connectivity index is 2.23. The van der Waals surface area contributed by atoms with Crippen molar-refractivity contribution in [2.75, 3.05) is 31.6 Å². The summed E-state index contributed by atoms with van der Waals surface area (Å²) in [6.45, 7) is 4.14. The molecule has 110 valence electrons. The fourth-order valence-electron chi connectivity index (χ4n) is 2.57. The largest absolute Gasteiger partial charge is 0.487 e. The number of hydrogen-bond acceptors (Lipinski definition) is 5. The van der Waals surface area contributed by atoms with Crippen LogP contribution in [0.25, 0.3) is 0 Å². The van der Waals surface area contributed by atoms with Crippen molar-refractivity contribution < 1.29 is 9.66 Å². The van der Waals surface area contributed by atoms with Crippen LogP contribution in [0, 0.1) is 10.1 Å². The van der Waals surface area contributed by atoms with Crippen molar-refractivity contribution in [3.8, 4) is 5.75 Å². The van der Waals surface area contributed by atoms with Gasteiger partial charge in [0.15, 0.2) is 5.75 Å². The number of nitro benzene ring substituents is 1. The van der Waals surface area contributed by atoms with E-state index in [4.69, 9.17) is 4.74 Å². The lowest BCUT2D eigenvalue weighted by molar-refractivity contribution is -0.385. The molecule has 1 unspecified atom stereocenters. The molecule has 1 aliphatic rings. The van der Waals surface area contributed by atoms with Crippen LogP contribution in [0.4, 0.5) is 11.4 Å². The Labute approximate surface area is 118 Å². The molecule has 6 heteroatoms. The van der Waals surface area contributed by atoms with Crippen molar-refractivity contribution in [1.29, 1.82) is 0 Å². The van der Waals surface area contributed by atoms with Gasteiger partial charge in [0.1, 0.15) is 0 Å². The molecule has 20 heavy (non-hydrogen) atoms. The summed E-state index contributed by atoms with van der Waals surface area (Å²) in [7, 11) is 1.97. The number of piperidine rings is 1. The summed E-state index contributed by atoms with van der Waals surface area (Å²) in [4.78, 5) is 12.8. The van der Waals surface area contributed by atoms with E-state index < -0.39 is 4.92 Å². The van der Waals surface area contributed by atoms with Crippen LogP contribution in [0.5, 0.6) is 5.75 Å². The zero-order valence-electron chi connectivity index (χ0n) is 12.0. The molecule has 1 aromatic rings. The van der Waals surface area contributed by atoms with Crippen molar-refractivity contribution in [2.45, 2.75) is 25.8 Å². The summed E-state index contributed by atoms with van der Waals surface area (Å²) in [5, 5.41) is 14.3. The predicted molar refractivity (Wildman–Crippen MR) is 78.6 cm³/mol. The summed E-state index contributed by atoms with van der Waals surface area (Å²) in [5.41, 5.74) is 1.01. The van der Waals surface area contributed by atoms with Gasteiger partial charge in [0.2, 0.25) is 0 Å². The highest BCUT2D eigenvalue weighted by atomic mass is 16.6. The van der Waals surface area contributed by atoms with Crippen molar-refractivity contribution >= 4 is 11.4 Å². The third-order valence-electron chi connectivity index (χ3n) is 3.63. The number of hydrogen-bond donors (Lipinski definition) is 1. The van der Waals surface area contributed by atoms with Gasteiger partial charge in [-0.3, -0.25) is 10.1 Å². The van der Waals surface area contributed by atoms with Gasteiger partial charge >= 0.3 is 5.69 Å². The molecule has 2 rings (SSSR count). The van der Waals surface area contributed by atoms with Crippen molar-refractivity contribution in [1.82, 2.24) is 5.32 Å². The Morgan fingerprint density at radius 2 is 2.35 bits per heavy atom. The zero-order valence-corrected chi connectivity index (χ0v) is 12.0. The van der Waals surface area contributed by atoms with E-state index in [-0.39, 0.29) is 5.69 Å². The smallest absolute Gasteiger partial charge is 0.311 e. The average molecular weight is 279 g/mol. The van der Waals surface area contributed by atoms with E-state index in [2.05, 4.69) is 10.2 Å². The van der Waals surface area contributed by atoms with Gasteiger partial charge in [-0.15, -0.1) is 0 Å². The fourth-order valence-corrected chi connectivity index (χ4v) is 2.57. The molecule has 0 radical (unpaired) electrons. The Hall–Kier alpha value is -1.82. The van der Waals surface area contributed by atoms with Crippen LogP contribution < -0.4 is 15.0 Å². The van der Waals surface area contributed by atoms with Gasteiger partial charge in [0, 0.05) is 37.0 Å². The lowest BCUT2D eigenvalue weighted by Gasteiger charge is -2.34. The van der Waals surface area contributed by atoms with E-state index >= 15 is 0 Å². The first-order chi connectivity index (χ1) is 9.65. The average Bonchev–Trinajstić information content (AvgIpc) is 2.47. The first-order valence-electron chi connectivity index (χ1n) is 6.99. The van der Waals surface area contributed by atoms with Crippen molar-refractivity contribution in [3.63, 3.8) is 0 Å². The van der Waals surface area contributed by atoms with Gasteiger partial charge in [-0.2, -0.15) is 0 Å². The van der Waals surface area contributed by atoms with Gasteiger partial charge < -0.3 is 15.0 Å². The maximum absolute atomic E-state index is 11.0. The summed E-state index contributed by atoms with van der Waals surface area (Å²) >= 11 is 0. The maximum Gasteiger partial charge on any atom is 0.311 e. The number of likely N-dealkylation sites (N-methyl/N-ethyl adjacent to an activating group) is 1. The van der Waals surface area contributed by atoms with Crippen LogP contribution in [0.15, 0.2) is 18.2 Å². The number of nitrogens with zero attached hydrogens (tertiary/aromatic N) is 2. The van der Waals surface area contributed by atoms with Crippen LogP contribution in [0.2, 0.25) is 0 Å². The second-order valence-corrected chi connectivity index (χ2v) is 4.92. The SMILES string of the molecule is CCOc1cc(N2CCCC(NC)C2)ccc1[N+](=O)[O-]. The molecule has 1 fully saturated rings. The Morgan fingerprint density at radius 1 is 1.55 bits per heavy atom. The molecule has 0 bridgehead atoms. The summed E-state index contributed by atoms with van der Waals surface area (Å²) < 4.78 is 5.40. The second kappa shape index (κ2) is 6.56. The van der Waals surface area contributed by atoms with Gasteiger partial charge in [-0.05, 0) is 32.9 Å². The minimum Gasteiger partial charge on any atom is -0.487 e. The van der Waals surface area contributed by atoms with E-state index in [1.807, 2.05) is 14.0 Å². The molecular formula is C14H21N3O3. The first-order valence-corrected chi connectivity index (χ1v) is 6.99. The quantitative estimate of drug-likeness (QED) is 0.661. The maximum atomic E-state index is 11.0. The highest BCUT2D eigenvalue weighted by Gasteiger charge is 2.22. The second-order valence-electron chi connectivity index (χ2n) is 4.92. The first kappa shape index (κ1) is 14.6. The van der Waals surface area contributed by atoms with Gasteiger partial charge in [-0.25, -0.2) is 0 Å². The van der Waals surface area contributed by atoms with Gasteiger partial charge in [0.05, 0.1) is 11.5 Å². The molecule has 1 heterocycles. The standard InChI is InChI=1S/C14H21N3O3/c1-3-20-14-9-12(6-7-13(14)17(18)19)16-8-4-5-11(10-16)15-2/h6-7,9,11,15H,3-5,8,10H2,1-2H3. The van der Waals surface area contributed by atoms with E-state index in [0.717, 1.165) is 31.6 Å².